The van der Waals surface area contributed by atoms with Gasteiger partial charge in [0.25, 0.3) is 5.91 Å². The number of carbonyl (C=O) groups is 2. The third kappa shape index (κ3) is 7.42. The van der Waals surface area contributed by atoms with E-state index in [2.05, 4.69) is 12.2 Å². The van der Waals surface area contributed by atoms with Gasteiger partial charge in [-0.25, -0.2) is 4.79 Å². The molecule has 2 aromatic carbocycles. The molecule has 0 aliphatic carbocycles. The molecular formula is C29H43N2O3+. The molecule has 1 aliphatic heterocycles. The summed E-state index contributed by atoms with van der Waals surface area (Å²) in [5.74, 6) is -0.203. The van der Waals surface area contributed by atoms with Crippen LogP contribution in [0.1, 0.15) is 69.6 Å². The first-order valence-corrected chi connectivity index (χ1v) is 12.9. The molecule has 5 heteroatoms. The Balaban J connectivity index is 0.00000199. The van der Waals surface area contributed by atoms with Crippen molar-refractivity contribution in [2.45, 2.75) is 79.4 Å². The number of hydrogen-bond donors (Lipinski definition) is 1. The maximum atomic E-state index is 13.5. The number of amides is 1. The second kappa shape index (κ2) is 13.9. The highest BCUT2D eigenvalue weighted by molar-refractivity contribution is 5.95. The van der Waals surface area contributed by atoms with E-state index < -0.39 is 0 Å². The minimum absolute atomic E-state index is 0.0223. The van der Waals surface area contributed by atoms with Crippen LogP contribution in [0, 0.1) is 13.8 Å². The fraction of sp³-hybridized carbons (Fsp3) is 0.517. The summed E-state index contributed by atoms with van der Waals surface area (Å²) in [7, 11) is 0. The van der Waals surface area contributed by atoms with Crippen LogP contribution in [-0.4, -0.2) is 42.0 Å². The van der Waals surface area contributed by atoms with E-state index in [9.17, 15) is 9.59 Å². The number of para-hydroxylation sites is 1. The van der Waals surface area contributed by atoms with Gasteiger partial charge in [-0.3, -0.25) is 4.79 Å². The summed E-state index contributed by atoms with van der Waals surface area (Å²) in [6.07, 6.45) is 4.86. The number of anilines is 1. The van der Waals surface area contributed by atoms with E-state index in [0.29, 0.717) is 4.48 Å². The molecular weight excluding hydrogens is 424 g/mol. The van der Waals surface area contributed by atoms with Crippen LogP contribution >= 0.6 is 0 Å². The average molecular weight is 468 g/mol. The summed E-state index contributed by atoms with van der Waals surface area (Å²) in [6.45, 7) is 12.4. The minimum atomic E-state index is -0.237. The van der Waals surface area contributed by atoms with Gasteiger partial charge in [0.15, 0.2) is 12.6 Å². The smallest absolute Gasteiger partial charge is 0.362 e. The van der Waals surface area contributed by atoms with Crippen molar-refractivity contribution in [3.63, 3.8) is 0 Å². The predicted molar refractivity (Wildman–Crippen MR) is 140 cm³/mol. The number of carbonyl (C=O) groups excluding carboxylic acids is 2. The molecule has 2 atom stereocenters. The van der Waals surface area contributed by atoms with Crippen LogP contribution < -0.4 is 5.32 Å². The zero-order chi connectivity index (χ0) is 25.0. The van der Waals surface area contributed by atoms with Crippen LogP contribution in [0.2, 0.25) is 0 Å². The van der Waals surface area contributed by atoms with Gasteiger partial charge in [0.1, 0.15) is 6.61 Å². The Morgan fingerprint density at radius 1 is 1.00 bits per heavy atom. The van der Waals surface area contributed by atoms with Crippen molar-refractivity contribution in [1.29, 1.82) is 0 Å². The molecule has 1 heterocycles. The number of quaternary nitrogens is 1. The molecule has 0 radical (unpaired) electrons. The van der Waals surface area contributed by atoms with Crippen LogP contribution in [0.4, 0.5) is 5.69 Å². The Hall–Kier alpha value is -2.66. The molecule has 1 saturated heterocycles. The first-order valence-electron chi connectivity index (χ1n) is 12.9. The van der Waals surface area contributed by atoms with E-state index >= 15 is 0 Å². The third-order valence-corrected chi connectivity index (χ3v) is 6.67. The average Bonchev–Trinajstić information content (AvgIpc) is 2.86. The van der Waals surface area contributed by atoms with Crippen molar-refractivity contribution in [1.82, 2.24) is 0 Å². The second-order valence-electron chi connectivity index (χ2n) is 9.09. The van der Waals surface area contributed by atoms with Crippen LogP contribution in [0.3, 0.4) is 0 Å². The zero-order valence-electron chi connectivity index (χ0n) is 21.7. The van der Waals surface area contributed by atoms with Gasteiger partial charge >= 0.3 is 5.97 Å². The summed E-state index contributed by atoms with van der Waals surface area (Å²) in [4.78, 5) is 26.5. The number of esters is 1. The van der Waals surface area contributed by atoms with Gasteiger partial charge in [0.05, 0.1) is 13.1 Å². The number of unbranched alkanes of at least 4 members (excludes halogenated alkanes) is 1. The van der Waals surface area contributed by atoms with E-state index in [1.54, 1.807) is 0 Å². The standard InChI is InChI=1S/C27H36N2O3.C2H6/c1-4-5-17-29(19-25(30)32-20-23-14-7-6-8-15-23)18-10-9-16-24(29)27(31)28-26-21(2)12-11-13-22(26)3;1-2/h6-8,11-15,24H,4-5,9-10,16-20H2,1-3H3;1-2H3/p+1. The molecule has 1 fully saturated rings. The fourth-order valence-corrected chi connectivity index (χ4v) is 4.84. The Morgan fingerprint density at radius 3 is 2.32 bits per heavy atom. The summed E-state index contributed by atoms with van der Waals surface area (Å²) < 4.78 is 6.13. The first-order chi connectivity index (χ1) is 16.4. The number of ether oxygens (including phenoxy) is 1. The van der Waals surface area contributed by atoms with Gasteiger partial charge in [-0.2, -0.15) is 0 Å². The van der Waals surface area contributed by atoms with Gasteiger partial charge in [-0.1, -0.05) is 75.7 Å². The monoisotopic (exact) mass is 467 g/mol. The number of likely N-dealkylation sites (tertiary alicyclic amines) is 1. The predicted octanol–water partition coefficient (Wildman–Crippen LogP) is 6.18. The maximum absolute atomic E-state index is 13.5. The Kier molecular flexibility index (Phi) is 11.3. The van der Waals surface area contributed by atoms with Crippen molar-refractivity contribution < 1.29 is 18.8 Å². The van der Waals surface area contributed by atoms with Gasteiger partial charge in [-0.15, -0.1) is 0 Å². The summed E-state index contributed by atoms with van der Waals surface area (Å²) in [6, 6.07) is 15.5. The third-order valence-electron chi connectivity index (χ3n) is 6.67. The van der Waals surface area contributed by atoms with Crippen molar-refractivity contribution >= 4 is 17.6 Å². The molecule has 34 heavy (non-hydrogen) atoms. The number of piperidine rings is 1. The van der Waals surface area contributed by atoms with Gasteiger partial charge < -0.3 is 14.5 Å². The van der Waals surface area contributed by atoms with Crippen LogP contribution in [-0.2, 0) is 20.9 Å². The maximum Gasteiger partial charge on any atom is 0.362 e. The molecule has 186 valence electrons. The molecule has 0 spiro atoms. The highest BCUT2D eigenvalue weighted by Crippen LogP contribution is 2.29. The topological polar surface area (TPSA) is 55.4 Å². The molecule has 0 aromatic heterocycles. The number of benzene rings is 2. The fourth-order valence-electron chi connectivity index (χ4n) is 4.84. The van der Waals surface area contributed by atoms with Gasteiger partial charge in [-0.05, 0) is 49.8 Å². The van der Waals surface area contributed by atoms with Crippen molar-refractivity contribution in [2.24, 2.45) is 0 Å². The molecule has 0 saturated carbocycles. The van der Waals surface area contributed by atoms with Crippen molar-refractivity contribution in [3.8, 4) is 0 Å². The molecule has 2 unspecified atom stereocenters. The van der Waals surface area contributed by atoms with E-state index in [-0.39, 0.29) is 31.1 Å². The lowest BCUT2D eigenvalue weighted by Crippen LogP contribution is -2.64. The highest BCUT2D eigenvalue weighted by Gasteiger charge is 2.45. The second-order valence-corrected chi connectivity index (χ2v) is 9.09. The lowest BCUT2D eigenvalue weighted by Gasteiger charge is -2.46. The van der Waals surface area contributed by atoms with E-state index in [1.165, 1.54) is 0 Å². The Labute approximate surface area is 206 Å². The van der Waals surface area contributed by atoms with Crippen molar-refractivity contribution in [3.05, 3.63) is 65.2 Å². The van der Waals surface area contributed by atoms with Crippen LogP contribution in [0.25, 0.3) is 0 Å². The number of aryl methyl sites for hydroxylation is 2. The first kappa shape index (κ1) is 27.6. The normalized spacial score (nSPS) is 19.5. The minimum Gasteiger partial charge on any atom is -0.457 e. The lowest BCUT2D eigenvalue weighted by molar-refractivity contribution is -0.940. The van der Waals surface area contributed by atoms with Crippen molar-refractivity contribution in [2.75, 3.05) is 25.0 Å². The molecule has 3 rings (SSSR count). The Bertz CT molecular complexity index is 893. The van der Waals surface area contributed by atoms with E-state index in [1.807, 2.05) is 76.2 Å². The summed E-state index contributed by atoms with van der Waals surface area (Å²) in [5, 5.41) is 3.20. The number of rotatable bonds is 9. The molecule has 5 nitrogen and oxygen atoms in total. The summed E-state index contributed by atoms with van der Waals surface area (Å²) >= 11 is 0. The van der Waals surface area contributed by atoms with E-state index in [4.69, 9.17) is 4.74 Å². The largest absolute Gasteiger partial charge is 0.457 e. The quantitative estimate of drug-likeness (QED) is 0.354. The zero-order valence-corrected chi connectivity index (χ0v) is 21.7. The lowest BCUT2D eigenvalue weighted by atomic mass is 9.95. The Morgan fingerprint density at radius 2 is 1.68 bits per heavy atom. The van der Waals surface area contributed by atoms with Crippen LogP contribution in [0.5, 0.6) is 0 Å². The SMILES string of the molecule is CC.CCCC[N+]1(CC(=O)OCc2ccccc2)CCCCC1C(=O)Nc1c(C)cccc1C. The summed E-state index contributed by atoms with van der Waals surface area (Å²) in [5.41, 5.74) is 3.98. The van der Waals surface area contributed by atoms with Crippen LogP contribution in [0.15, 0.2) is 48.5 Å². The molecule has 1 aliphatic rings. The number of hydrogen-bond acceptors (Lipinski definition) is 3. The molecule has 0 bridgehead atoms. The molecule has 1 amide bonds. The van der Waals surface area contributed by atoms with E-state index in [0.717, 1.165) is 67.6 Å². The van der Waals surface area contributed by atoms with Gasteiger partial charge in [0.2, 0.25) is 0 Å². The van der Waals surface area contributed by atoms with Gasteiger partial charge in [0, 0.05) is 12.1 Å². The molecule has 1 N–H and O–H groups in total. The number of nitrogens with zero attached hydrogens (tertiary/aromatic N) is 1. The molecule has 2 aromatic rings. The number of nitrogens with one attached hydrogen (secondary N) is 1. The highest BCUT2D eigenvalue weighted by atomic mass is 16.5.